The minimum Gasteiger partial charge on any atom is -0.300 e. The topological polar surface area (TPSA) is 89.8 Å². The second-order valence-electron chi connectivity index (χ2n) is 9.48. The molecule has 0 aliphatic heterocycles. The second kappa shape index (κ2) is 7.74. The molecule has 0 fully saturated rings. The normalized spacial score (nSPS) is 17.4. The number of amides is 1. The number of hydrogen-bond acceptors (Lipinski definition) is 7. The number of nitrogens with one attached hydrogen (secondary N) is 1. The Morgan fingerprint density at radius 1 is 1.25 bits per heavy atom. The molecule has 1 N–H and O–H groups in total. The van der Waals surface area contributed by atoms with Gasteiger partial charge in [0.2, 0.25) is 0 Å². The summed E-state index contributed by atoms with van der Waals surface area (Å²) in [4.78, 5) is 32.6. The molecule has 2 atom stereocenters. The first-order valence-electron chi connectivity index (χ1n) is 10.8. The van der Waals surface area contributed by atoms with Crippen molar-refractivity contribution in [2.75, 3.05) is 5.32 Å². The highest BCUT2D eigenvalue weighted by atomic mass is 32.1. The highest BCUT2D eigenvalue weighted by Crippen LogP contribution is 2.41. The molecular formula is C23H25N5O2S2. The van der Waals surface area contributed by atoms with Crippen molar-refractivity contribution in [2.45, 2.75) is 53.0 Å². The lowest BCUT2D eigenvalue weighted by Gasteiger charge is -2.33. The van der Waals surface area contributed by atoms with Gasteiger partial charge >= 0.3 is 0 Å². The first-order valence-corrected chi connectivity index (χ1v) is 12.4. The molecule has 4 aromatic rings. The average Bonchev–Trinajstić information content (AvgIpc) is 3.33. The van der Waals surface area contributed by atoms with Crippen LogP contribution in [0.15, 0.2) is 29.1 Å². The maximum Gasteiger partial charge on any atom is 0.279 e. The number of para-hydroxylation sites is 1. The van der Waals surface area contributed by atoms with E-state index in [9.17, 15) is 9.59 Å². The zero-order chi connectivity index (χ0) is 22.6. The van der Waals surface area contributed by atoms with Gasteiger partial charge in [-0.2, -0.15) is 4.68 Å². The molecule has 166 valence electrons. The number of aryl methyl sites for hydroxylation is 1. The number of hydrogen-bond donors (Lipinski definition) is 1. The van der Waals surface area contributed by atoms with Crippen LogP contribution in [0.4, 0.5) is 5.13 Å². The third-order valence-corrected chi connectivity index (χ3v) is 8.49. The number of aromatic nitrogens is 4. The number of nitrogens with zero attached hydrogens (tertiary/aromatic N) is 4. The highest BCUT2D eigenvalue weighted by Gasteiger charge is 2.32. The van der Waals surface area contributed by atoms with E-state index < -0.39 is 6.04 Å². The lowest BCUT2D eigenvalue weighted by atomic mass is 9.72. The third-order valence-electron chi connectivity index (χ3n) is 6.40. The Morgan fingerprint density at radius 3 is 2.78 bits per heavy atom. The molecular weight excluding hydrogens is 442 g/mol. The van der Waals surface area contributed by atoms with E-state index >= 15 is 0 Å². The van der Waals surface area contributed by atoms with Crippen molar-refractivity contribution in [1.29, 1.82) is 0 Å². The zero-order valence-corrected chi connectivity index (χ0v) is 20.1. The Bertz CT molecular complexity index is 1360. The Labute approximate surface area is 193 Å². The van der Waals surface area contributed by atoms with Gasteiger partial charge in [0.15, 0.2) is 9.96 Å². The number of thiazole rings is 1. The summed E-state index contributed by atoms with van der Waals surface area (Å²) in [7, 11) is 0. The molecule has 0 bridgehead atoms. The average molecular weight is 468 g/mol. The summed E-state index contributed by atoms with van der Waals surface area (Å²) in [5.41, 5.74) is 1.91. The van der Waals surface area contributed by atoms with Gasteiger partial charge in [-0.1, -0.05) is 49.5 Å². The molecule has 2 unspecified atom stereocenters. The molecule has 1 aromatic carbocycles. The fraction of sp³-hybridized carbons (Fsp3) is 0.435. The summed E-state index contributed by atoms with van der Waals surface area (Å²) in [6, 6.07) is 6.91. The molecule has 0 saturated heterocycles. The summed E-state index contributed by atoms with van der Waals surface area (Å²) >= 11 is 2.97. The number of rotatable bonds is 3. The monoisotopic (exact) mass is 467 g/mol. The van der Waals surface area contributed by atoms with Gasteiger partial charge < -0.3 is 5.32 Å². The molecule has 3 heterocycles. The number of anilines is 1. The molecule has 0 spiro atoms. The molecule has 32 heavy (non-hydrogen) atoms. The minimum atomic E-state index is -0.798. The molecule has 0 saturated carbocycles. The number of carbonyl (C=O) groups excluding carboxylic acids is 1. The van der Waals surface area contributed by atoms with Crippen molar-refractivity contribution in [3.8, 4) is 0 Å². The maximum absolute atomic E-state index is 13.4. The van der Waals surface area contributed by atoms with E-state index in [-0.39, 0.29) is 16.9 Å². The number of fused-ring (bicyclic) bond motifs is 4. The summed E-state index contributed by atoms with van der Waals surface area (Å²) in [5.74, 6) is 0.244. The largest absolute Gasteiger partial charge is 0.300 e. The fourth-order valence-electron chi connectivity index (χ4n) is 4.35. The molecule has 1 amide bonds. The Kier molecular flexibility index (Phi) is 5.13. The summed E-state index contributed by atoms with van der Waals surface area (Å²) in [5, 5.41) is 12.4. The highest BCUT2D eigenvalue weighted by molar-refractivity contribution is 7.22. The molecule has 3 aromatic heterocycles. The lowest BCUT2D eigenvalue weighted by Crippen LogP contribution is -2.34. The molecule has 5 rings (SSSR count). The lowest BCUT2D eigenvalue weighted by molar-refractivity contribution is -0.119. The summed E-state index contributed by atoms with van der Waals surface area (Å²) in [6.45, 7) is 8.48. The SMILES string of the molecule is CC(C(=O)Nc1nc2ccccc2s1)n1nnc2sc3c(c2c1=O)CCC(C(C)(C)C)C3. The van der Waals surface area contributed by atoms with Crippen LogP contribution in [0.3, 0.4) is 0 Å². The van der Waals surface area contributed by atoms with Crippen LogP contribution in [0.5, 0.6) is 0 Å². The fourth-order valence-corrected chi connectivity index (χ4v) is 6.45. The van der Waals surface area contributed by atoms with Gasteiger partial charge in [0, 0.05) is 4.88 Å². The molecule has 9 heteroatoms. The van der Waals surface area contributed by atoms with Crippen LogP contribution in [-0.2, 0) is 17.6 Å². The smallest absolute Gasteiger partial charge is 0.279 e. The van der Waals surface area contributed by atoms with Gasteiger partial charge in [0.25, 0.3) is 11.5 Å². The van der Waals surface area contributed by atoms with Crippen molar-refractivity contribution < 1.29 is 4.79 Å². The molecule has 7 nitrogen and oxygen atoms in total. The molecule has 1 aliphatic rings. The van der Waals surface area contributed by atoms with E-state index in [0.29, 0.717) is 21.3 Å². The minimum absolute atomic E-state index is 0.229. The van der Waals surface area contributed by atoms with Gasteiger partial charge in [-0.3, -0.25) is 9.59 Å². The van der Waals surface area contributed by atoms with E-state index in [1.807, 2.05) is 24.3 Å². The summed E-state index contributed by atoms with van der Waals surface area (Å²) < 4.78 is 2.20. The van der Waals surface area contributed by atoms with Gasteiger partial charge in [-0.25, -0.2) is 4.98 Å². The van der Waals surface area contributed by atoms with E-state index in [1.165, 1.54) is 20.9 Å². The van der Waals surface area contributed by atoms with Gasteiger partial charge in [0.05, 0.1) is 15.6 Å². The van der Waals surface area contributed by atoms with Crippen molar-refractivity contribution in [1.82, 2.24) is 20.0 Å². The van der Waals surface area contributed by atoms with Crippen LogP contribution >= 0.6 is 22.7 Å². The first kappa shape index (κ1) is 21.2. The Balaban J connectivity index is 1.44. The maximum atomic E-state index is 13.4. The number of benzene rings is 1. The Hall–Kier alpha value is -2.65. The predicted molar refractivity (Wildman–Crippen MR) is 130 cm³/mol. The van der Waals surface area contributed by atoms with Crippen molar-refractivity contribution in [3.05, 3.63) is 45.1 Å². The van der Waals surface area contributed by atoms with Gasteiger partial charge in [0.1, 0.15) is 6.04 Å². The molecule has 1 aliphatic carbocycles. The zero-order valence-electron chi connectivity index (χ0n) is 18.5. The van der Waals surface area contributed by atoms with Crippen LogP contribution in [0.25, 0.3) is 20.4 Å². The van der Waals surface area contributed by atoms with Crippen LogP contribution in [0.1, 0.15) is 50.6 Å². The third kappa shape index (κ3) is 3.63. The van der Waals surface area contributed by atoms with E-state index in [4.69, 9.17) is 0 Å². The Morgan fingerprint density at radius 2 is 2.03 bits per heavy atom. The standard InChI is InChI=1S/C23H25N5O2S2/c1-12(19(29)25-22-24-15-7-5-6-8-16(15)32-22)28-21(30)18-14-10-9-13(23(2,3)4)11-17(14)31-20(18)26-27-28/h5-8,12-13H,9-11H2,1-4H3,(H,24,25,29). The van der Waals surface area contributed by atoms with Crippen molar-refractivity contribution >= 4 is 54.1 Å². The van der Waals surface area contributed by atoms with Crippen molar-refractivity contribution in [3.63, 3.8) is 0 Å². The van der Waals surface area contributed by atoms with Gasteiger partial charge in [-0.15, -0.1) is 16.4 Å². The second-order valence-corrected chi connectivity index (χ2v) is 11.6. The van der Waals surface area contributed by atoms with E-state index in [1.54, 1.807) is 18.3 Å². The first-order chi connectivity index (χ1) is 15.2. The van der Waals surface area contributed by atoms with Crippen LogP contribution in [-0.4, -0.2) is 25.9 Å². The molecule has 0 radical (unpaired) electrons. The van der Waals surface area contributed by atoms with E-state index in [0.717, 1.165) is 35.0 Å². The predicted octanol–water partition coefficient (Wildman–Crippen LogP) is 4.81. The van der Waals surface area contributed by atoms with Crippen LogP contribution < -0.4 is 10.9 Å². The van der Waals surface area contributed by atoms with Crippen LogP contribution in [0.2, 0.25) is 0 Å². The summed E-state index contributed by atoms with van der Waals surface area (Å²) in [6.07, 6.45) is 2.88. The quantitative estimate of drug-likeness (QED) is 0.467. The van der Waals surface area contributed by atoms with Gasteiger partial charge in [-0.05, 0) is 55.2 Å². The van der Waals surface area contributed by atoms with Crippen molar-refractivity contribution in [2.24, 2.45) is 11.3 Å². The number of thiophene rings is 1. The van der Waals surface area contributed by atoms with E-state index in [2.05, 4.69) is 41.4 Å². The van der Waals surface area contributed by atoms with Crippen LogP contribution in [0, 0.1) is 11.3 Å². The number of carbonyl (C=O) groups is 1.